The molecule has 15 heavy (non-hydrogen) atoms. The Morgan fingerprint density at radius 1 is 1.40 bits per heavy atom. The average Bonchev–Trinajstić information content (AvgIpc) is 2.18. The molecule has 0 radical (unpaired) electrons. The van der Waals surface area contributed by atoms with Gasteiger partial charge in [-0.25, -0.2) is 9.59 Å². The lowest BCUT2D eigenvalue weighted by atomic mass is 10.4. The zero-order valence-corrected chi connectivity index (χ0v) is 9.28. The maximum absolute atomic E-state index is 11.1. The molecule has 0 aliphatic carbocycles. The Bertz CT molecular complexity index is 238. The van der Waals surface area contributed by atoms with Crippen molar-refractivity contribution >= 4 is 12.1 Å². The summed E-state index contributed by atoms with van der Waals surface area (Å²) in [5.74, 6) is -0.549. The Morgan fingerprint density at radius 2 is 2.07 bits per heavy atom. The summed E-state index contributed by atoms with van der Waals surface area (Å²) < 4.78 is 9.40. The van der Waals surface area contributed by atoms with Gasteiger partial charge in [-0.15, -0.1) is 0 Å². The van der Waals surface area contributed by atoms with Crippen LogP contribution in [-0.2, 0) is 14.3 Å². The van der Waals surface area contributed by atoms with Crippen LogP contribution in [0, 0.1) is 0 Å². The number of alkyl carbamates (subject to hydrolysis) is 1. The summed E-state index contributed by atoms with van der Waals surface area (Å²) in [6.45, 7) is 5.35. The van der Waals surface area contributed by atoms with Crippen molar-refractivity contribution < 1.29 is 19.1 Å². The second kappa shape index (κ2) is 7.84. The number of nitrogens with one attached hydrogen (secondary N) is 1. The van der Waals surface area contributed by atoms with Gasteiger partial charge in [0.2, 0.25) is 0 Å². The van der Waals surface area contributed by atoms with Gasteiger partial charge in [-0.1, -0.05) is 13.0 Å². The minimum Gasteiger partial charge on any atom is -0.463 e. The lowest BCUT2D eigenvalue weighted by molar-refractivity contribution is -0.152. The van der Waals surface area contributed by atoms with E-state index in [4.69, 9.17) is 4.74 Å². The third-order valence-electron chi connectivity index (χ3n) is 1.46. The largest absolute Gasteiger partial charge is 0.463 e. The number of carbonyl (C=O) groups excluding carboxylic acids is 2. The van der Waals surface area contributed by atoms with E-state index in [1.54, 1.807) is 13.0 Å². The van der Waals surface area contributed by atoms with Crippen LogP contribution >= 0.6 is 0 Å². The predicted octanol–water partition coefficient (Wildman–Crippen LogP) is 1.59. The number of hydrogen-bond acceptors (Lipinski definition) is 4. The molecule has 1 amide bonds. The molecule has 0 aliphatic rings. The van der Waals surface area contributed by atoms with E-state index in [1.165, 1.54) is 13.1 Å². The third kappa shape index (κ3) is 6.54. The Morgan fingerprint density at radius 3 is 2.60 bits per heavy atom. The standard InChI is InChI=1S/C10H17NO4/c1-4-6-7-11-10(13)15-8(3)9(12)14-5-2/h6-8H,4-5H2,1-3H3,(H,11,13)/b7-6-. The van der Waals surface area contributed by atoms with E-state index in [1.807, 2.05) is 6.92 Å². The monoisotopic (exact) mass is 215 g/mol. The van der Waals surface area contributed by atoms with Crippen LogP contribution in [0.4, 0.5) is 4.79 Å². The molecule has 0 aromatic rings. The lowest BCUT2D eigenvalue weighted by Gasteiger charge is -2.11. The first-order chi connectivity index (χ1) is 7.11. The third-order valence-corrected chi connectivity index (χ3v) is 1.46. The summed E-state index contributed by atoms with van der Waals surface area (Å²) in [6.07, 6.45) is 2.49. The number of ether oxygens (including phenoxy) is 2. The SMILES string of the molecule is CC/C=C\NC(=O)OC(C)C(=O)OCC. The van der Waals surface area contributed by atoms with E-state index in [9.17, 15) is 9.59 Å². The molecule has 1 unspecified atom stereocenters. The Labute approximate surface area is 89.4 Å². The normalized spacial score (nSPS) is 12.2. The fourth-order valence-electron chi connectivity index (χ4n) is 0.747. The number of esters is 1. The molecule has 0 aromatic carbocycles. The Kier molecular flexibility index (Phi) is 7.05. The molecule has 0 heterocycles. The fourth-order valence-corrected chi connectivity index (χ4v) is 0.747. The molecule has 0 rings (SSSR count). The zero-order chi connectivity index (χ0) is 11.7. The Hall–Kier alpha value is -1.52. The number of hydrogen-bond donors (Lipinski definition) is 1. The minimum atomic E-state index is -0.889. The van der Waals surface area contributed by atoms with Crippen molar-refractivity contribution in [3.05, 3.63) is 12.3 Å². The first-order valence-electron chi connectivity index (χ1n) is 4.90. The highest BCUT2D eigenvalue weighted by Crippen LogP contribution is 1.95. The van der Waals surface area contributed by atoms with Crippen LogP contribution in [-0.4, -0.2) is 24.8 Å². The maximum atomic E-state index is 11.1. The van der Waals surface area contributed by atoms with Crippen LogP contribution in [0.25, 0.3) is 0 Å². The molecule has 1 atom stereocenters. The summed E-state index contributed by atoms with van der Waals surface area (Å²) in [6, 6.07) is 0. The zero-order valence-electron chi connectivity index (χ0n) is 9.28. The van der Waals surface area contributed by atoms with Crippen LogP contribution in [0.2, 0.25) is 0 Å². The van der Waals surface area contributed by atoms with E-state index < -0.39 is 18.2 Å². The second-order valence-electron chi connectivity index (χ2n) is 2.75. The van der Waals surface area contributed by atoms with Crippen LogP contribution < -0.4 is 5.32 Å². The van der Waals surface area contributed by atoms with Crippen molar-refractivity contribution in [1.82, 2.24) is 5.32 Å². The van der Waals surface area contributed by atoms with Gasteiger partial charge in [-0.05, 0) is 20.3 Å². The summed E-state index contributed by atoms with van der Waals surface area (Å²) in [4.78, 5) is 22.1. The molecule has 1 N–H and O–H groups in total. The van der Waals surface area contributed by atoms with E-state index >= 15 is 0 Å². The highest BCUT2D eigenvalue weighted by atomic mass is 16.6. The average molecular weight is 215 g/mol. The van der Waals surface area contributed by atoms with Crippen LogP contribution in [0.1, 0.15) is 27.2 Å². The van der Waals surface area contributed by atoms with E-state index in [0.29, 0.717) is 0 Å². The smallest absolute Gasteiger partial charge is 0.411 e. The van der Waals surface area contributed by atoms with Crippen molar-refractivity contribution in [2.75, 3.05) is 6.61 Å². The minimum absolute atomic E-state index is 0.268. The van der Waals surface area contributed by atoms with Gasteiger partial charge in [0.1, 0.15) is 0 Å². The van der Waals surface area contributed by atoms with Crippen molar-refractivity contribution in [1.29, 1.82) is 0 Å². The number of amides is 1. The molecule has 5 nitrogen and oxygen atoms in total. The number of carbonyl (C=O) groups is 2. The summed E-state index contributed by atoms with van der Waals surface area (Å²) in [7, 11) is 0. The van der Waals surface area contributed by atoms with Crippen LogP contribution in [0.5, 0.6) is 0 Å². The molecule has 0 spiro atoms. The van der Waals surface area contributed by atoms with E-state index in [-0.39, 0.29) is 6.61 Å². The molecular formula is C10H17NO4. The molecule has 0 fully saturated rings. The van der Waals surface area contributed by atoms with Gasteiger partial charge >= 0.3 is 12.1 Å². The highest BCUT2D eigenvalue weighted by Gasteiger charge is 2.17. The highest BCUT2D eigenvalue weighted by molar-refractivity contribution is 5.78. The van der Waals surface area contributed by atoms with Crippen LogP contribution in [0.15, 0.2) is 12.3 Å². The van der Waals surface area contributed by atoms with E-state index in [2.05, 4.69) is 10.1 Å². The maximum Gasteiger partial charge on any atom is 0.411 e. The second-order valence-corrected chi connectivity index (χ2v) is 2.75. The lowest BCUT2D eigenvalue weighted by Crippen LogP contribution is -2.30. The van der Waals surface area contributed by atoms with Crippen molar-refractivity contribution in [3.8, 4) is 0 Å². The van der Waals surface area contributed by atoms with Crippen LogP contribution in [0.3, 0.4) is 0 Å². The van der Waals surface area contributed by atoms with Gasteiger partial charge in [0.05, 0.1) is 6.61 Å². The molecule has 5 heteroatoms. The summed E-state index contributed by atoms with van der Waals surface area (Å²) in [5, 5.41) is 2.36. The van der Waals surface area contributed by atoms with E-state index in [0.717, 1.165) is 6.42 Å². The predicted molar refractivity (Wildman–Crippen MR) is 55.1 cm³/mol. The molecule has 86 valence electrons. The molecule has 0 saturated heterocycles. The molecule has 0 aromatic heterocycles. The number of rotatable bonds is 5. The topological polar surface area (TPSA) is 64.6 Å². The quantitative estimate of drug-likeness (QED) is 0.707. The van der Waals surface area contributed by atoms with Gasteiger partial charge in [0.15, 0.2) is 6.10 Å². The fraction of sp³-hybridized carbons (Fsp3) is 0.600. The van der Waals surface area contributed by atoms with Gasteiger partial charge in [-0.3, -0.25) is 5.32 Å². The molecule has 0 bridgehead atoms. The molecular weight excluding hydrogens is 198 g/mol. The van der Waals surface area contributed by atoms with Gasteiger partial charge in [0, 0.05) is 6.20 Å². The Balaban J connectivity index is 3.85. The van der Waals surface area contributed by atoms with Crippen molar-refractivity contribution in [3.63, 3.8) is 0 Å². The summed E-state index contributed by atoms with van der Waals surface area (Å²) in [5.41, 5.74) is 0. The van der Waals surface area contributed by atoms with Gasteiger partial charge < -0.3 is 9.47 Å². The van der Waals surface area contributed by atoms with Gasteiger partial charge in [0.25, 0.3) is 0 Å². The summed E-state index contributed by atoms with van der Waals surface area (Å²) >= 11 is 0. The van der Waals surface area contributed by atoms with Gasteiger partial charge in [-0.2, -0.15) is 0 Å². The molecule has 0 saturated carbocycles. The molecule has 0 aliphatic heterocycles. The van der Waals surface area contributed by atoms with Crippen molar-refractivity contribution in [2.24, 2.45) is 0 Å². The first kappa shape index (κ1) is 13.5. The first-order valence-corrected chi connectivity index (χ1v) is 4.90. The van der Waals surface area contributed by atoms with Crippen molar-refractivity contribution in [2.45, 2.75) is 33.3 Å². The number of allylic oxidation sites excluding steroid dienone is 1.